The molecule has 0 saturated carbocycles. The van der Waals surface area contributed by atoms with Gasteiger partial charge in [-0.3, -0.25) is 0 Å². The molecule has 0 amide bonds. The summed E-state index contributed by atoms with van der Waals surface area (Å²) >= 11 is 1.53. The molecule has 0 spiro atoms. The zero-order valence-electron chi connectivity index (χ0n) is 9.37. The first-order valence-electron chi connectivity index (χ1n) is 5.32. The molecule has 0 radical (unpaired) electrons. The number of anilines is 1. The Balaban J connectivity index is 2.26. The highest BCUT2D eigenvalue weighted by molar-refractivity contribution is 7.16. The molecule has 1 aromatic heterocycles. The molecule has 0 bridgehead atoms. The standard InChI is InChI=1S/C10H15N3O2S/c1-3-15-9(14)7-8(6-4-12-5-6)16-10(11-2)13-7/h6,12H,3-5H2,1-2H3,(H,11,13). The summed E-state index contributed by atoms with van der Waals surface area (Å²) in [6.45, 7) is 4.01. The fourth-order valence-corrected chi connectivity index (χ4v) is 2.54. The number of carbonyl (C=O) groups excluding carboxylic acids is 1. The van der Waals surface area contributed by atoms with Gasteiger partial charge in [0, 0.05) is 30.9 Å². The number of hydrogen-bond acceptors (Lipinski definition) is 6. The van der Waals surface area contributed by atoms with Crippen LogP contribution in [0.3, 0.4) is 0 Å². The molecule has 2 rings (SSSR count). The van der Waals surface area contributed by atoms with Crippen LogP contribution in [-0.4, -0.2) is 37.7 Å². The van der Waals surface area contributed by atoms with Crippen LogP contribution in [0, 0.1) is 0 Å². The molecule has 0 aliphatic carbocycles. The second kappa shape index (κ2) is 4.80. The first-order chi connectivity index (χ1) is 7.76. The Morgan fingerprint density at radius 3 is 2.94 bits per heavy atom. The number of ether oxygens (including phenoxy) is 1. The van der Waals surface area contributed by atoms with E-state index < -0.39 is 0 Å². The summed E-state index contributed by atoms with van der Waals surface area (Å²) in [6, 6.07) is 0. The number of carbonyl (C=O) groups is 1. The van der Waals surface area contributed by atoms with E-state index in [4.69, 9.17) is 4.74 Å². The minimum absolute atomic E-state index is 0.317. The van der Waals surface area contributed by atoms with Gasteiger partial charge in [0.1, 0.15) is 0 Å². The van der Waals surface area contributed by atoms with E-state index in [2.05, 4.69) is 15.6 Å². The Labute approximate surface area is 98.2 Å². The Bertz CT molecular complexity index is 387. The van der Waals surface area contributed by atoms with Gasteiger partial charge >= 0.3 is 5.97 Å². The summed E-state index contributed by atoms with van der Waals surface area (Å²) in [5, 5.41) is 6.93. The molecule has 1 aliphatic heterocycles. The second-order valence-corrected chi connectivity index (χ2v) is 4.59. The molecule has 88 valence electrons. The van der Waals surface area contributed by atoms with Crippen LogP contribution in [0.5, 0.6) is 0 Å². The van der Waals surface area contributed by atoms with Crippen molar-refractivity contribution in [2.45, 2.75) is 12.8 Å². The van der Waals surface area contributed by atoms with Crippen LogP contribution < -0.4 is 10.6 Å². The fraction of sp³-hybridized carbons (Fsp3) is 0.600. The molecule has 0 unspecified atom stereocenters. The fourth-order valence-electron chi connectivity index (χ4n) is 1.54. The van der Waals surface area contributed by atoms with Crippen molar-refractivity contribution in [1.29, 1.82) is 0 Å². The van der Waals surface area contributed by atoms with Gasteiger partial charge in [-0.15, -0.1) is 11.3 Å². The van der Waals surface area contributed by atoms with Gasteiger partial charge in [-0.1, -0.05) is 0 Å². The van der Waals surface area contributed by atoms with Crippen LogP contribution in [-0.2, 0) is 4.74 Å². The van der Waals surface area contributed by atoms with Crippen molar-refractivity contribution >= 4 is 22.4 Å². The van der Waals surface area contributed by atoms with Crippen molar-refractivity contribution < 1.29 is 9.53 Å². The van der Waals surface area contributed by atoms with Gasteiger partial charge < -0.3 is 15.4 Å². The van der Waals surface area contributed by atoms with Gasteiger partial charge in [0.05, 0.1) is 6.61 Å². The van der Waals surface area contributed by atoms with Crippen LogP contribution in [0.25, 0.3) is 0 Å². The minimum Gasteiger partial charge on any atom is -0.461 e. The lowest BCUT2D eigenvalue weighted by atomic mass is 10.0. The topological polar surface area (TPSA) is 63.2 Å². The molecule has 2 N–H and O–H groups in total. The summed E-state index contributed by atoms with van der Waals surface area (Å²) < 4.78 is 5.00. The van der Waals surface area contributed by atoms with Gasteiger partial charge in [0.25, 0.3) is 0 Å². The zero-order valence-corrected chi connectivity index (χ0v) is 10.2. The van der Waals surface area contributed by atoms with Crippen molar-refractivity contribution in [3.63, 3.8) is 0 Å². The van der Waals surface area contributed by atoms with Gasteiger partial charge in [0.15, 0.2) is 10.8 Å². The number of nitrogens with one attached hydrogen (secondary N) is 2. The van der Waals surface area contributed by atoms with E-state index in [9.17, 15) is 4.79 Å². The van der Waals surface area contributed by atoms with Gasteiger partial charge in [-0.2, -0.15) is 0 Å². The van der Waals surface area contributed by atoms with E-state index in [1.165, 1.54) is 11.3 Å². The highest BCUT2D eigenvalue weighted by Crippen LogP contribution is 2.32. The van der Waals surface area contributed by atoms with Crippen LogP contribution in [0.4, 0.5) is 5.13 Å². The molecule has 2 heterocycles. The van der Waals surface area contributed by atoms with E-state index in [-0.39, 0.29) is 5.97 Å². The third-order valence-electron chi connectivity index (χ3n) is 2.49. The quantitative estimate of drug-likeness (QED) is 0.771. The predicted molar refractivity (Wildman–Crippen MR) is 63.2 cm³/mol. The van der Waals surface area contributed by atoms with Crippen molar-refractivity contribution in [3.8, 4) is 0 Å². The maximum Gasteiger partial charge on any atom is 0.358 e. The monoisotopic (exact) mass is 241 g/mol. The Kier molecular flexibility index (Phi) is 3.40. The third kappa shape index (κ3) is 2.03. The first-order valence-corrected chi connectivity index (χ1v) is 6.14. The molecule has 1 fully saturated rings. The van der Waals surface area contributed by atoms with Gasteiger partial charge in [-0.25, -0.2) is 9.78 Å². The lowest BCUT2D eigenvalue weighted by molar-refractivity contribution is 0.0518. The molecule has 1 saturated heterocycles. The molecular formula is C10H15N3O2S. The average molecular weight is 241 g/mol. The Morgan fingerprint density at radius 2 is 2.44 bits per heavy atom. The minimum atomic E-state index is -0.317. The highest BCUT2D eigenvalue weighted by atomic mass is 32.1. The molecule has 0 aromatic carbocycles. The summed E-state index contributed by atoms with van der Waals surface area (Å²) in [5.74, 6) is 0.0844. The maximum absolute atomic E-state index is 11.7. The number of thiazole rings is 1. The van der Waals surface area contributed by atoms with E-state index in [0.717, 1.165) is 23.1 Å². The predicted octanol–water partition coefficient (Wildman–Crippen LogP) is 1.05. The Morgan fingerprint density at radius 1 is 1.69 bits per heavy atom. The normalized spacial score (nSPS) is 15.6. The smallest absolute Gasteiger partial charge is 0.358 e. The van der Waals surface area contributed by atoms with Crippen LogP contribution in [0.1, 0.15) is 28.2 Å². The third-order valence-corrected chi connectivity index (χ3v) is 3.72. The first kappa shape index (κ1) is 11.3. The van der Waals surface area contributed by atoms with Crippen LogP contribution in [0.2, 0.25) is 0 Å². The second-order valence-electron chi connectivity index (χ2n) is 3.56. The van der Waals surface area contributed by atoms with E-state index in [1.807, 2.05) is 0 Å². The summed E-state index contributed by atoms with van der Waals surface area (Å²) in [6.07, 6.45) is 0. The lowest BCUT2D eigenvalue weighted by Crippen LogP contribution is -2.40. The number of aromatic nitrogens is 1. The molecular weight excluding hydrogens is 226 g/mol. The number of esters is 1. The van der Waals surface area contributed by atoms with Crippen LogP contribution in [0.15, 0.2) is 0 Å². The molecule has 16 heavy (non-hydrogen) atoms. The van der Waals surface area contributed by atoms with Crippen molar-refractivity contribution in [2.24, 2.45) is 0 Å². The van der Waals surface area contributed by atoms with Gasteiger partial charge in [0.2, 0.25) is 0 Å². The van der Waals surface area contributed by atoms with E-state index in [0.29, 0.717) is 18.2 Å². The maximum atomic E-state index is 11.7. The van der Waals surface area contributed by atoms with E-state index in [1.54, 1.807) is 14.0 Å². The largest absolute Gasteiger partial charge is 0.461 e. The van der Waals surface area contributed by atoms with Crippen LogP contribution >= 0.6 is 11.3 Å². The molecule has 5 nitrogen and oxygen atoms in total. The molecule has 6 heteroatoms. The van der Waals surface area contributed by atoms with Crippen molar-refractivity contribution in [1.82, 2.24) is 10.3 Å². The summed E-state index contributed by atoms with van der Waals surface area (Å²) in [4.78, 5) is 17.0. The van der Waals surface area contributed by atoms with E-state index >= 15 is 0 Å². The average Bonchev–Trinajstić information content (AvgIpc) is 2.59. The SMILES string of the molecule is CCOC(=O)c1nc(NC)sc1C1CNC1. The van der Waals surface area contributed by atoms with Crippen molar-refractivity contribution in [2.75, 3.05) is 32.1 Å². The highest BCUT2D eigenvalue weighted by Gasteiger charge is 2.29. The van der Waals surface area contributed by atoms with Gasteiger partial charge in [-0.05, 0) is 6.92 Å². The number of hydrogen-bond donors (Lipinski definition) is 2. The zero-order chi connectivity index (χ0) is 11.5. The summed E-state index contributed by atoms with van der Waals surface area (Å²) in [7, 11) is 1.80. The number of nitrogens with zero attached hydrogens (tertiary/aromatic N) is 1. The summed E-state index contributed by atoms with van der Waals surface area (Å²) in [5.41, 5.74) is 0.475. The Hall–Kier alpha value is -1.14. The van der Waals surface area contributed by atoms with Crippen molar-refractivity contribution in [3.05, 3.63) is 10.6 Å². The molecule has 0 atom stereocenters. The number of rotatable bonds is 4. The molecule has 1 aliphatic rings. The lowest BCUT2D eigenvalue weighted by Gasteiger charge is -2.26. The molecule has 1 aromatic rings.